The van der Waals surface area contributed by atoms with E-state index in [1.54, 1.807) is 0 Å². The Hall–Kier alpha value is -0.690. The first-order valence-corrected chi connectivity index (χ1v) is 8.41. The van der Waals surface area contributed by atoms with Gasteiger partial charge in [0.2, 0.25) is 0 Å². The summed E-state index contributed by atoms with van der Waals surface area (Å²) in [6.07, 6.45) is 17.4. The fourth-order valence-electron chi connectivity index (χ4n) is 2.54. The van der Waals surface area contributed by atoms with Crippen LogP contribution >= 0.6 is 0 Å². The molecule has 0 aromatic carbocycles. The molecule has 20 heavy (non-hydrogen) atoms. The Bertz CT molecular complexity index is 308. The number of rotatable bonds is 11. The normalized spacial score (nSPS) is 14.6. The van der Waals surface area contributed by atoms with E-state index in [9.17, 15) is 0 Å². The molecular weight excluding hydrogens is 240 g/mol. The highest BCUT2D eigenvalue weighted by Crippen LogP contribution is 2.14. The van der Waals surface area contributed by atoms with Gasteiger partial charge in [-0.2, -0.15) is 0 Å². The maximum Gasteiger partial charge on any atom is 0.162 e. The van der Waals surface area contributed by atoms with E-state index in [-0.39, 0.29) is 0 Å². The third-order valence-electron chi connectivity index (χ3n) is 3.91. The zero-order valence-corrected chi connectivity index (χ0v) is 14.4. The lowest BCUT2D eigenvalue weighted by atomic mass is 9.64. The average Bonchev–Trinajstić information content (AvgIpc) is 2.48. The number of allylic oxidation sites excluding steroid dienone is 4. The molecule has 0 N–H and O–H groups in total. The molecule has 0 aromatic heterocycles. The van der Waals surface area contributed by atoms with Crippen molar-refractivity contribution < 1.29 is 0 Å². The number of unbranched alkanes of at least 4 members (excludes halogenated alkanes) is 2. The van der Waals surface area contributed by atoms with E-state index in [0.29, 0.717) is 0 Å². The smallest absolute Gasteiger partial charge is 0.162 e. The van der Waals surface area contributed by atoms with Gasteiger partial charge in [0.1, 0.15) is 0 Å². The Balaban J connectivity index is 4.53. The second-order valence-electron chi connectivity index (χ2n) is 5.37. The zero-order chi connectivity index (χ0) is 15.2. The van der Waals surface area contributed by atoms with Gasteiger partial charge >= 0.3 is 0 Å². The summed E-state index contributed by atoms with van der Waals surface area (Å²) in [5.41, 5.74) is 1.42. The van der Waals surface area contributed by atoms with Crippen molar-refractivity contribution >= 4 is 15.0 Å². The fraction of sp³-hybridized carbons (Fsp3) is 0.647. The van der Waals surface area contributed by atoms with Crippen molar-refractivity contribution in [1.29, 1.82) is 0 Å². The van der Waals surface area contributed by atoms with Gasteiger partial charge in [0.05, 0.1) is 7.74 Å². The topological polar surface area (TPSA) is 3.24 Å². The average molecular weight is 273 g/mol. The first-order chi connectivity index (χ1) is 9.73. The van der Waals surface area contributed by atoms with E-state index in [2.05, 4.69) is 70.6 Å². The van der Waals surface area contributed by atoms with E-state index in [0.717, 1.165) is 19.9 Å². The Labute approximate surface area is 128 Å². The Morgan fingerprint density at radius 2 is 1.95 bits per heavy atom. The largest absolute Gasteiger partial charge is 0.347 e. The summed E-state index contributed by atoms with van der Waals surface area (Å²) >= 11 is 0. The van der Waals surface area contributed by atoms with Crippen molar-refractivity contribution in [3.63, 3.8) is 0 Å². The minimum absolute atomic E-state index is 0.733. The van der Waals surface area contributed by atoms with Crippen LogP contribution in [0.1, 0.15) is 59.8 Å². The van der Waals surface area contributed by atoms with Crippen LogP contribution in [0.5, 0.6) is 0 Å². The van der Waals surface area contributed by atoms with Crippen LogP contribution < -0.4 is 0 Å². The van der Waals surface area contributed by atoms with Crippen LogP contribution in [-0.4, -0.2) is 32.4 Å². The summed E-state index contributed by atoms with van der Waals surface area (Å²) < 4.78 is 0. The van der Waals surface area contributed by atoms with Gasteiger partial charge in [-0.15, -0.1) is 0 Å². The van der Waals surface area contributed by atoms with Crippen molar-refractivity contribution in [1.82, 2.24) is 4.81 Å². The Morgan fingerprint density at radius 1 is 1.20 bits per heavy atom. The first-order valence-electron chi connectivity index (χ1n) is 8.41. The molecule has 0 saturated heterocycles. The monoisotopic (exact) mass is 273 g/mol. The van der Waals surface area contributed by atoms with Crippen LogP contribution in [0, 0.1) is 0 Å². The van der Waals surface area contributed by atoms with Gasteiger partial charge in [0.25, 0.3) is 0 Å². The lowest BCUT2D eigenvalue weighted by Crippen LogP contribution is -2.39. The third-order valence-corrected chi connectivity index (χ3v) is 3.91. The van der Waals surface area contributed by atoms with E-state index >= 15 is 0 Å². The molecule has 0 rings (SSSR count). The van der Waals surface area contributed by atoms with Gasteiger partial charge in [0.15, 0.2) is 7.31 Å². The molecule has 112 valence electrons. The summed E-state index contributed by atoms with van der Waals surface area (Å²) in [6.45, 7) is 9.87. The highest BCUT2D eigenvalue weighted by atomic mass is 15.1. The van der Waals surface area contributed by atoms with Crippen LogP contribution in [0.4, 0.5) is 0 Å². The maximum atomic E-state index is 2.63. The summed E-state index contributed by atoms with van der Waals surface area (Å²) in [7, 11) is 3.42. The van der Waals surface area contributed by atoms with Crippen molar-refractivity contribution in [2.24, 2.45) is 0 Å². The predicted octanol–water partition coefficient (Wildman–Crippen LogP) is 3.63. The summed E-state index contributed by atoms with van der Waals surface area (Å²) in [6, 6.07) is 0.733. The second-order valence-corrected chi connectivity index (χ2v) is 5.37. The predicted molar refractivity (Wildman–Crippen MR) is 98.3 cm³/mol. The van der Waals surface area contributed by atoms with Gasteiger partial charge < -0.3 is 4.81 Å². The molecule has 0 aliphatic rings. The molecule has 0 spiro atoms. The molecule has 0 bridgehead atoms. The Kier molecular flexibility index (Phi) is 12.8. The number of nitrogens with zero attached hydrogens (tertiary/aromatic N) is 1. The molecule has 1 nitrogen and oxygen atoms in total. The zero-order valence-electron chi connectivity index (χ0n) is 14.4. The molecule has 0 amide bonds. The van der Waals surface area contributed by atoms with Crippen LogP contribution in [0.15, 0.2) is 36.0 Å². The van der Waals surface area contributed by atoms with Gasteiger partial charge in [-0.3, -0.25) is 0 Å². The molecule has 0 heterocycles. The van der Waals surface area contributed by atoms with Gasteiger partial charge in [-0.05, 0) is 38.3 Å². The quantitative estimate of drug-likeness (QED) is 0.315. The molecule has 0 radical (unpaired) electrons. The standard InChI is InChI=1S/C17H33B2N/c1-5-9-11-13-16(7-3)15-20(19-18)17(8-4)14-12-10-6-2/h5,7,9,11,13,17,19H,6,8,10,12,14-15,18H2,1-4H3/b9-5-,13-11-,16-7+. The third kappa shape index (κ3) is 8.47. The lowest BCUT2D eigenvalue weighted by molar-refractivity contribution is 0.320. The van der Waals surface area contributed by atoms with Crippen molar-refractivity contribution in [3.8, 4) is 0 Å². The minimum atomic E-state index is 0.733. The molecule has 3 heteroatoms. The summed E-state index contributed by atoms with van der Waals surface area (Å²) in [4.78, 5) is 2.63. The van der Waals surface area contributed by atoms with Crippen molar-refractivity contribution in [2.75, 3.05) is 6.54 Å². The lowest BCUT2D eigenvalue weighted by Gasteiger charge is -2.31. The Morgan fingerprint density at radius 3 is 2.45 bits per heavy atom. The van der Waals surface area contributed by atoms with E-state index in [1.165, 1.54) is 37.7 Å². The van der Waals surface area contributed by atoms with Crippen LogP contribution in [-0.2, 0) is 0 Å². The number of hydrogen-bond acceptors (Lipinski definition) is 1. The summed E-state index contributed by atoms with van der Waals surface area (Å²) in [5.74, 6) is 0. The van der Waals surface area contributed by atoms with Crippen molar-refractivity contribution in [2.45, 2.75) is 65.8 Å². The highest BCUT2D eigenvalue weighted by Gasteiger charge is 2.15. The van der Waals surface area contributed by atoms with Gasteiger partial charge in [0, 0.05) is 6.54 Å². The molecule has 0 aliphatic heterocycles. The molecule has 0 saturated carbocycles. The molecular formula is C17H33B2N. The van der Waals surface area contributed by atoms with Crippen LogP contribution in [0.3, 0.4) is 0 Å². The molecule has 0 fully saturated rings. The van der Waals surface area contributed by atoms with Crippen LogP contribution in [0.25, 0.3) is 0 Å². The van der Waals surface area contributed by atoms with E-state index in [4.69, 9.17) is 0 Å². The van der Waals surface area contributed by atoms with E-state index in [1.807, 2.05) is 0 Å². The second kappa shape index (κ2) is 13.3. The van der Waals surface area contributed by atoms with Gasteiger partial charge in [-0.1, -0.05) is 63.5 Å². The molecule has 0 aliphatic carbocycles. The first kappa shape index (κ1) is 19.3. The minimum Gasteiger partial charge on any atom is -0.347 e. The number of hydrogen-bond donors (Lipinski definition) is 0. The molecule has 1 atom stereocenters. The fourth-order valence-corrected chi connectivity index (χ4v) is 2.54. The highest BCUT2D eigenvalue weighted by molar-refractivity contribution is 6.87. The SMILES string of the molecule is BBN(CC(/C=C\C=C/C)=C/C)C(CC)CCCCC. The molecule has 0 aromatic rings. The van der Waals surface area contributed by atoms with Crippen LogP contribution in [0.2, 0.25) is 0 Å². The van der Waals surface area contributed by atoms with Crippen molar-refractivity contribution in [3.05, 3.63) is 36.0 Å². The van der Waals surface area contributed by atoms with Gasteiger partial charge in [-0.25, -0.2) is 0 Å². The summed E-state index contributed by atoms with van der Waals surface area (Å²) in [5, 5.41) is 0. The van der Waals surface area contributed by atoms with E-state index < -0.39 is 0 Å². The molecule has 1 unspecified atom stereocenters. The maximum absolute atomic E-state index is 2.63.